The van der Waals surface area contributed by atoms with Crippen LogP contribution in [0.5, 0.6) is 0 Å². The highest BCUT2D eigenvalue weighted by Crippen LogP contribution is 2.14. The summed E-state index contributed by atoms with van der Waals surface area (Å²) in [6.07, 6.45) is 0.847. The van der Waals surface area contributed by atoms with Crippen LogP contribution >= 0.6 is 11.6 Å². The lowest BCUT2D eigenvalue weighted by Crippen LogP contribution is -2.19. The largest absolute Gasteiger partial charge is 0.326 e. The molecule has 0 saturated heterocycles. The van der Waals surface area contributed by atoms with Gasteiger partial charge in [0.15, 0.2) is 0 Å². The van der Waals surface area contributed by atoms with Crippen molar-refractivity contribution >= 4 is 23.2 Å². The molecule has 14 heavy (non-hydrogen) atoms. The third-order valence-electron chi connectivity index (χ3n) is 2.17. The monoisotopic (exact) mass is 211 g/mol. The minimum absolute atomic E-state index is 0.0469. The fraction of sp³-hybridized carbons (Fsp3) is 0.364. The van der Waals surface area contributed by atoms with Crippen molar-refractivity contribution < 1.29 is 4.79 Å². The number of nitrogens with one attached hydrogen (secondary N) is 1. The van der Waals surface area contributed by atoms with E-state index in [1.807, 2.05) is 13.8 Å². The van der Waals surface area contributed by atoms with E-state index in [0.717, 1.165) is 12.1 Å². The van der Waals surface area contributed by atoms with E-state index in [1.165, 1.54) is 0 Å². The van der Waals surface area contributed by atoms with Crippen LogP contribution in [0.25, 0.3) is 0 Å². The van der Waals surface area contributed by atoms with Gasteiger partial charge in [-0.25, -0.2) is 0 Å². The molecular formula is C11H14ClNO. The summed E-state index contributed by atoms with van der Waals surface area (Å²) >= 11 is 5.73. The SMILES string of the molecule is CC[C@@H](C)C(=O)Nc1ccc(Cl)cc1. The zero-order chi connectivity index (χ0) is 10.6. The Hall–Kier alpha value is -1.02. The predicted octanol–water partition coefficient (Wildman–Crippen LogP) is 3.32. The molecule has 3 heteroatoms. The van der Waals surface area contributed by atoms with Gasteiger partial charge in [-0.1, -0.05) is 25.4 Å². The highest BCUT2D eigenvalue weighted by Gasteiger charge is 2.09. The number of carbonyl (C=O) groups excluding carboxylic acids is 1. The first kappa shape index (κ1) is 11.1. The number of anilines is 1. The maximum absolute atomic E-state index is 11.5. The average molecular weight is 212 g/mol. The first-order valence-electron chi connectivity index (χ1n) is 4.70. The van der Waals surface area contributed by atoms with Gasteiger partial charge in [-0.05, 0) is 30.7 Å². The molecule has 1 atom stereocenters. The smallest absolute Gasteiger partial charge is 0.227 e. The van der Waals surface area contributed by atoms with Crippen molar-refractivity contribution in [2.75, 3.05) is 5.32 Å². The van der Waals surface area contributed by atoms with Crippen LogP contribution in [0, 0.1) is 5.92 Å². The quantitative estimate of drug-likeness (QED) is 0.817. The first-order valence-corrected chi connectivity index (χ1v) is 5.07. The van der Waals surface area contributed by atoms with Crippen molar-refractivity contribution in [1.82, 2.24) is 0 Å². The molecule has 0 aromatic heterocycles. The van der Waals surface area contributed by atoms with Crippen LogP contribution in [-0.2, 0) is 4.79 Å². The normalized spacial score (nSPS) is 12.2. The van der Waals surface area contributed by atoms with Gasteiger partial charge in [0.1, 0.15) is 0 Å². The van der Waals surface area contributed by atoms with Crippen LogP contribution in [-0.4, -0.2) is 5.91 Å². The van der Waals surface area contributed by atoms with Gasteiger partial charge in [0, 0.05) is 16.6 Å². The molecule has 0 aliphatic carbocycles. The van der Waals surface area contributed by atoms with Gasteiger partial charge in [0.25, 0.3) is 0 Å². The summed E-state index contributed by atoms with van der Waals surface area (Å²) in [6, 6.07) is 7.10. The summed E-state index contributed by atoms with van der Waals surface area (Å²) in [4.78, 5) is 11.5. The van der Waals surface area contributed by atoms with Crippen LogP contribution in [0.4, 0.5) is 5.69 Å². The van der Waals surface area contributed by atoms with E-state index in [0.29, 0.717) is 5.02 Å². The molecule has 0 radical (unpaired) electrons. The molecule has 1 rings (SSSR count). The van der Waals surface area contributed by atoms with E-state index in [-0.39, 0.29) is 11.8 Å². The van der Waals surface area contributed by atoms with Crippen molar-refractivity contribution in [2.24, 2.45) is 5.92 Å². The van der Waals surface area contributed by atoms with Crippen LogP contribution in [0.2, 0.25) is 5.02 Å². The van der Waals surface area contributed by atoms with Gasteiger partial charge in [-0.15, -0.1) is 0 Å². The topological polar surface area (TPSA) is 29.1 Å². The Kier molecular flexibility index (Phi) is 3.96. The predicted molar refractivity (Wildman–Crippen MR) is 59.5 cm³/mol. The van der Waals surface area contributed by atoms with Crippen LogP contribution in [0.3, 0.4) is 0 Å². The van der Waals surface area contributed by atoms with Crippen molar-refractivity contribution in [1.29, 1.82) is 0 Å². The summed E-state index contributed by atoms with van der Waals surface area (Å²) in [5.74, 6) is 0.0977. The van der Waals surface area contributed by atoms with Crippen LogP contribution < -0.4 is 5.32 Å². The molecule has 1 N–H and O–H groups in total. The molecule has 0 spiro atoms. The lowest BCUT2D eigenvalue weighted by atomic mass is 10.1. The summed E-state index contributed by atoms with van der Waals surface area (Å²) < 4.78 is 0. The average Bonchev–Trinajstić information content (AvgIpc) is 2.20. The molecule has 76 valence electrons. The molecule has 0 unspecified atom stereocenters. The Labute approximate surface area is 89.3 Å². The Balaban J connectivity index is 2.60. The van der Waals surface area contributed by atoms with E-state index in [2.05, 4.69) is 5.32 Å². The van der Waals surface area contributed by atoms with E-state index >= 15 is 0 Å². The molecule has 1 amide bonds. The molecule has 0 fully saturated rings. The first-order chi connectivity index (χ1) is 6.63. The fourth-order valence-corrected chi connectivity index (χ4v) is 1.11. The highest BCUT2D eigenvalue weighted by atomic mass is 35.5. The molecule has 0 aliphatic rings. The Bertz CT molecular complexity index is 308. The zero-order valence-electron chi connectivity index (χ0n) is 8.38. The maximum atomic E-state index is 11.5. The number of benzene rings is 1. The number of carbonyl (C=O) groups is 1. The van der Waals surface area contributed by atoms with Gasteiger partial charge in [-0.3, -0.25) is 4.79 Å². The number of halogens is 1. The lowest BCUT2D eigenvalue weighted by Gasteiger charge is -2.09. The second-order valence-corrected chi connectivity index (χ2v) is 3.74. The van der Waals surface area contributed by atoms with Gasteiger partial charge >= 0.3 is 0 Å². The summed E-state index contributed by atoms with van der Waals surface area (Å²) in [5, 5.41) is 3.49. The molecule has 0 aliphatic heterocycles. The minimum atomic E-state index is 0.0469. The van der Waals surface area contributed by atoms with Gasteiger partial charge in [0.05, 0.1) is 0 Å². The fourth-order valence-electron chi connectivity index (χ4n) is 0.984. The lowest BCUT2D eigenvalue weighted by molar-refractivity contribution is -0.119. The van der Waals surface area contributed by atoms with Crippen LogP contribution in [0.15, 0.2) is 24.3 Å². The molecule has 2 nitrogen and oxygen atoms in total. The number of hydrogen-bond acceptors (Lipinski definition) is 1. The maximum Gasteiger partial charge on any atom is 0.227 e. The second kappa shape index (κ2) is 5.01. The van der Waals surface area contributed by atoms with Crippen molar-refractivity contribution in [3.05, 3.63) is 29.3 Å². The third-order valence-corrected chi connectivity index (χ3v) is 2.42. The molecule has 0 saturated carbocycles. The molecule has 1 aromatic rings. The molecule has 1 aromatic carbocycles. The number of amides is 1. The minimum Gasteiger partial charge on any atom is -0.326 e. The van der Waals surface area contributed by atoms with E-state index < -0.39 is 0 Å². The molecule has 0 heterocycles. The Morgan fingerprint density at radius 1 is 1.43 bits per heavy atom. The third kappa shape index (κ3) is 3.04. The standard InChI is InChI=1S/C11H14ClNO/c1-3-8(2)11(14)13-10-6-4-9(12)5-7-10/h4-8H,3H2,1-2H3,(H,13,14)/t8-/m1/s1. The number of rotatable bonds is 3. The second-order valence-electron chi connectivity index (χ2n) is 3.31. The van der Waals surface area contributed by atoms with Gasteiger partial charge in [-0.2, -0.15) is 0 Å². The van der Waals surface area contributed by atoms with E-state index in [1.54, 1.807) is 24.3 Å². The van der Waals surface area contributed by atoms with E-state index in [4.69, 9.17) is 11.6 Å². The summed E-state index contributed by atoms with van der Waals surface area (Å²) in [6.45, 7) is 3.90. The van der Waals surface area contributed by atoms with Crippen molar-refractivity contribution in [3.63, 3.8) is 0 Å². The van der Waals surface area contributed by atoms with Gasteiger partial charge < -0.3 is 5.32 Å². The van der Waals surface area contributed by atoms with E-state index in [9.17, 15) is 4.79 Å². The zero-order valence-corrected chi connectivity index (χ0v) is 9.14. The molecular weight excluding hydrogens is 198 g/mol. The Morgan fingerprint density at radius 3 is 2.50 bits per heavy atom. The molecule has 0 bridgehead atoms. The summed E-state index contributed by atoms with van der Waals surface area (Å²) in [7, 11) is 0. The van der Waals surface area contributed by atoms with Crippen molar-refractivity contribution in [2.45, 2.75) is 20.3 Å². The van der Waals surface area contributed by atoms with Gasteiger partial charge in [0.2, 0.25) is 5.91 Å². The Morgan fingerprint density at radius 2 is 2.00 bits per heavy atom. The van der Waals surface area contributed by atoms with Crippen molar-refractivity contribution in [3.8, 4) is 0 Å². The highest BCUT2D eigenvalue weighted by molar-refractivity contribution is 6.30. The number of hydrogen-bond donors (Lipinski definition) is 1. The summed E-state index contributed by atoms with van der Waals surface area (Å²) in [5.41, 5.74) is 0.791. The van der Waals surface area contributed by atoms with Crippen LogP contribution in [0.1, 0.15) is 20.3 Å².